The molecule has 0 unspecified atom stereocenters. The number of halogens is 1. The zero-order chi connectivity index (χ0) is 26.1. The van der Waals surface area contributed by atoms with Crippen molar-refractivity contribution in [3.63, 3.8) is 0 Å². The van der Waals surface area contributed by atoms with E-state index in [1.54, 1.807) is 17.8 Å². The molecule has 0 radical (unpaired) electrons. The summed E-state index contributed by atoms with van der Waals surface area (Å²) in [7, 11) is 1.74. The lowest BCUT2D eigenvalue weighted by atomic mass is 10.0. The van der Waals surface area contributed by atoms with Crippen LogP contribution in [0.15, 0.2) is 41.3 Å². The maximum atomic E-state index is 13.3. The normalized spacial score (nSPS) is 19.4. The number of imidazole rings is 1. The van der Waals surface area contributed by atoms with E-state index in [9.17, 15) is 9.18 Å². The van der Waals surface area contributed by atoms with E-state index in [1.165, 1.54) is 0 Å². The van der Waals surface area contributed by atoms with Gasteiger partial charge in [-0.1, -0.05) is 6.07 Å². The van der Waals surface area contributed by atoms with Crippen molar-refractivity contribution in [3.05, 3.63) is 47.0 Å². The van der Waals surface area contributed by atoms with Gasteiger partial charge in [0.05, 0.1) is 24.8 Å². The highest BCUT2D eigenvalue weighted by atomic mass is 19.1. The monoisotopic (exact) mass is 520 g/mol. The standard InChI is InChI=1S/C28H33FN6O3/c1-33-27-26(35(28(33)36)22-4-2-14-37-18-22)23-16-19(5-7-24(23)31-32-27)20-6-8-25(30-17-20)38-15-3-11-34-12-9-21(29)10-13-34/h5-8,16-17,21-22H,2-4,9-15,18H2,1H3/t22-/m1/s1. The summed E-state index contributed by atoms with van der Waals surface area (Å²) in [6.07, 6.45) is 5.13. The second kappa shape index (κ2) is 10.8. The number of rotatable bonds is 7. The average molecular weight is 521 g/mol. The van der Waals surface area contributed by atoms with Gasteiger partial charge in [0, 0.05) is 56.5 Å². The molecule has 1 aromatic carbocycles. The van der Waals surface area contributed by atoms with Gasteiger partial charge in [0.1, 0.15) is 11.7 Å². The molecule has 2 aliphatic heterocycles. The van der Waals surface area contributed by atoms with Crippen LogP contribution < -0.4 is 10.4 Å². The molecule has 200 valence electrons. The van der Waals surface area contributed by atoms with Crippen molar-refractivity contribution in [3.8, 4) is 17.0 Å². The van der Waals surface area contributed by atoms with Gasteiger partial charge in [0.25, 0.3) is 0 Å². The number of ether oxygens (including phenoxy) is 2. The van der Waals surface area contributed by atoms with Crippen LogP contribution >= 0.6 is 0 Å². The molecule has 2 saturated heterocycles. The van der Waals surface area contributed by atoms with Crippen molar-refractivity contribution in [2.24, 2.45) is 7.05 Å². The van der Waals surface area contributed by atoms with Crippen LogP contribution in [0.4, 0.5) is 4.39 Å². The fraction of sp³-hybridized carbons (Fsp3) is 0.500. The Hall–Kier alpha value is -3.37. The van der Waals surface area contributed by atoms with E-state index in [1.807, 2.05) is 28.8 Å². The van der Waals surface area contributed by atoms with E-state index in [0.29, 0.717) is 37.6 Å². The zero-order valence-corrected chi connectivity index (χ0v) is 21.7. The highest BCUT2D eigenvalue weighted by molar-refractivity contribution is 6.02. The number of alkyl halides is 1. The van der Waals surface area contributed by atoms with Crippen LogP contribution in [0.25, 0.3) is 33.2 Å². The summed E-state index contributed by atoms with van der Waals surface area (Å²) in [5.41, 5.74) is 3.93. The van der Waals surface area contributed by atoms with Crippen molar-refractivity contribution >= 4 is 22.1 Å². The third-order valence-electron chi connectivity index (χ3n) is 7.72. The molecule has 1 atom stereocenters. The Morgan fingerprint density at radius 1 is 1.11 bits per heavy atom. The minimum atomic E-state index is -0.643. The lowest BCUT2D eigenvalue weighted by Gasteiger charge is -2.28. The molecule has 3 aromatic heterocycles. The summed E-state index contributed by atoms with van der Waals surface area (Å²) in [5.74, 6) is 0.583. The van der Waals surface area contributed by atoms with Crippen LogP contribution in [0.2, 0.25) is 0 Å². The van der Waals surface area contributed by atoms with E-state index in [4.69, 9.17) is 9.47 Å². The lowest BCUT2D eigenvalue weighted by molar-refractivity contribution is 0.0593. The first-order chi connectivity index (χ1) is 18.6. The number of aromatic nitrogens is 5. The molecule has 0 spiro atoms. The maximum Gasteiger partial charge on any atom is 0.330 e. The molecule has 6 rings (SSSR count). The quantitative estimate of drug-likeness (QED) is 0.342. The van der Waals surface area contributed by atoms with Crippen molar-refractivity contribution in [2.45, 2.75) is 44.3 Å². The van der Waals surface area contributed by atoms with Crippen LogP contribution in [0.1, 0.15) is 38.1 Å². The second-order valence-electron chi connectivity index (χ2n) is 10.3. The Labute approximate surface area is 220 Å². The van der Waals surface area contributed by atoms with Crippen LogP contribution in [0.5, 0.6) is 5.88 Å². The fourth-order valence-electron chi connectivity index (χ4n) is 5.57. The summed E-state index contributed by atoms with van der Waals surface area (Å²) in [6, 6.07) is 9.84. The largest absolute Gasteiger partial charge is 0.478 e. The van der Waals surface area contributed by atoms with Crippen molar-refractivity contribution in [1.82, 2.24) is 29.2 Å². The van der Waals surface area contributed by atoms with Gasteiger partial charge in [-0.05, 0) is 55.9 Å². The van der Waals surface area contributed by atoms with Gasteiger partial charge >= 0.3 is 5.69 Å². The van der Waals surface area contributed by atoms with E-state index in [2.05, 4.69) is 26.1 Å². The molecule has 0 N–H and O–H groups in total. The van der Waals surface area contributed by atoms with Gasteiger partial charge in [0.15, 0.2) is 5.65 Å². The first kappa shape index (κ1) is 24.9. The van der Waals surface area contributed by atoms with Gasteiger partial charge in [-0.25, -0.2) is 14.2 Å². The van der Waals surface area contributed by atoms with Crippen LogP contribution in [-0.2, 0) is 11.8 Å². The first-order valence-electron chi connectivity index (χ1n) is 13.5. The molecule has 0 aliphatic carbocycles. The van der Waals surface area contributed by atoms with Gasteiger partial charge in [0.2, 0.25) is 5.88 Å². The number of nitrogens with zero attached hydrogens (tertiary/aromatic N) is 6. The van der Waals surface area contributed by atoms with Gasteiger partial charge < -0.3 is 14.4 Å². The number of fused-ring (bicyclic) bond motifs is 3. The predicted octanol–water partition coefficient (Wildman–Crippen LogP) is 3.90. The number of hydrogen-bond acceptors (Lipinski definition) is 7. The molecular formula is C28H33FN6O3. The third kappa shape index (κ3) is 4.90. The predicted molar refractivity (Wildman–Crippen MR) is 143 cm³/mol. The fourth-order valence-corrected chi connectivity index (χ4v) is 5.57. The molecule has 5 heterocycles. The molecular weight excluding hydrogens is 487 g/mol. The Morgan fingerprint density at radius 2 is 1.95 bits per heavy atom. The minimum Gasteiger partial charge on any atom is -0.478 e. The molecule has 9 nitrogen and oxygen atoms in total. The third-order valence-corrected chi connectivity index (χ3v) is 7.72. The van der Waals surface area contributed by atoms with Crippen LogP contribution in [-0.4, -0.2) is 74.8 Å². The number of piperidine rings is 1. The molecule has 2 aliphatic rings. The van der Waals surface area contributed by atoms with Gasteiger partial charge in [-0.3, -0.25) is 9.13 Å². The molecule has 4 aromatic rings. The summed E-state index contributed by atoms with van der Waals surface area (Å²) < 4.78 is 28.2. The smallest absolute Gasteiger partial charge is 0.330 e. The number of benzene rings is 1. The lowest BCUT2D eigenvalue weighted by Crippen LogP contribution is -2.35. The Kier molecular flexibility index (Phi) is 7.08. The molecule has 10 heteroatoms. The summed E-state index contributed by atoms with van der Waals surface area (Å²) in [5, 5.41) is 9.64. The topological polar surface area (TPSA) is 87.3 Å². The SMILES string of the molecule is Cn1c(=O)n([C@@H]2CCCOC2)c2c3cc(-c4ccc(OCCCN5CCC(F)CC5)nc4)ccc3nnc21. The highest BCUT2D eigenvalue weighted by Gasteiger charge is 2.24. The molecule has 0 amide bonds. The van der Waals surface area contributed by atoms with E-state index in [-0.39, 0.29) is 11.7 Å². The molecule has 0 bridgehead atoms. The van der Waals surface area contributed by atoms with Crippen molar-refractivity contribution in [1.29, 1.82) is 0 Å². The maximum absolute atomic E-state index is 13.3. The second-order valence-corrected chi connectivity index (χ2v) is 10.3. The van der Waals surface area contributed by atoms with Crippen LogP contribution in [0.3, 0.4) is 0 Å². The summed E-state index contributed by atoms with van der Waals surface area (Å²) in [4.78, 5) is 20.0. The Balaban J connectivity index is 1.21. The molecule has 2 fully saturated rings. The molecule has 38 heavy (non-hydrogen) atoms. The Bertz CT molecular complexity index is 1470. The number of pyridine rings is 1. The summed E-state index contributed by atoms with van der Waals surface area (Å²) in [6.45, 7) is 4.38. The first-order valence-corrected chi connectivity index (χ1v) is 13.5. The number of likely N-dealkylation sites (tertiary alicyclic amines) is 1. The van der Waals surface area contributed by atoms with Crippen molar-refractivity contribution < 1.29 is 13.9 Å². The van der Waals surface area contributed by atoms with Gasteiger partial charge in [-0.2, -0.15) is 0 Å². The zero-order valence-electron chi connectivity index (χ0n) is 21.7. The van der Waals surface area contributed by atoms with Crippen molar-refractivity contribution in [2.75, 3.05) is 39.5 Å². The molecule has 0 saturated carbocycles. The average Bonchev–Trinajstić information content (AvgIpc) is 3.22. The van der Waals surface area contributed by atoms with E-state index in [0.717, 1.165) is 73.1 Å². The Morgan fingerprint density at radius 3 is 2.71 bits per heavy atom. The highest BCUT2D eigenvalue weighted by Crippen LogP contribution is 2.30. The number of aryl methyl sites for hydroxylation is 1. The van der Waals surface area contributed by atoms with Gasteiger partial charge in [-0.15, -0.1) is 10.2 Å². The summed E-state index contributed by atoms with van der Waals surface area (Å²) >= 11 is 0. The van der Waals surface area contributed by atoms with Crippen LogP contribution in [0, 0.1) is 0 Å². The minimum absolute atomic E-state index is 0.0235. The van der Waals surface area contributed by atoms with E-state index >= 15 is 0 Å². The van der Waals surface area contributed by atoms with E-state index < -0.39 is 6.17 Å². The number of hydrogen-bond donors (Lipinski definition) is 0.